The maximum absolute atomic E-state index is 13.1. The molecule has 7 heteroatoms. The number of carbonyl (C=O) groups excluding carboxylic acids is 1. The van der Waals surface area contributed by atoms with Crippen molar-refractivity contribution >= 4 is 5.91 Å². The summed E-state index contributed by atoms with van der Waals surface area (Å²) >= 11 is 0. The second-order valence-electron chi connectivity index (χ2n) is 5.03. The van der Waals surface area contributed by atoms with Gasteiger partial charge in [0.15, 0.2) is 0 Å². The Bertz CT molecular complexity index is 847. The van der Waals surface area contributed by atoms with Crippen LogP contribution >= 0.6 is 0 Å². The number of hydrogen-bond acceptors (Lipinski definition) is 4. The van der Waals surface area contributed by atoms with Crippen LogP contribution < -0.4 is 5.32 Å². The van der Waals surface area contributed by atoms with Gasteiger partial charge in [-0.15, -0.1) is 0 Å². The number of benzene rings is 2. The van der Waals surface area contributed by atoms with E-state index in [1.165, 1.54) is 30.3 Å². The van der Waals surface area contributed by atoms with Gasteiger partial charge in [0, 0.05) is 24.1 Å². The molecule has 0 saturated heterocycles. The highest BCUT2D eigenvalue weighted by molar-refractivity contribution is 5.94. The summed E-state index contributed by atoms with van der Waals surface area (Å²) in [7, 11) is 0. The van der Waals surface area contributed by atoms with E-state index < -0.39 is 5.82 Å². The Hall–Kier alpha value is -3.09. The number of nitrogens with one attached hydrogen (secondary N) is 1. The molecule has 0 spiro atoms. The van der Waals surface area contributed by atoms with Crippen molar-refractivity contribution in [3.63, 3.8) is 0 Å². The van der Waals surface area contributed by atoms with Crippen molar-refractivity contribution in [1.82, 2.24) is 15.5 Å². The average molecular weight is 329 g/mol. The first-order chi connectivity index (χ1) is 11.6. The zero-order chi connectivity index (χ0) is 16.9. The molecule has 1 aromatic heterocycles. The summed E-state index contributed by atoms with van der Waals surface area (Å²) in [5.41, 5.74) is 0.878. The van der Waals surface area contributed by atoms with Crippen LogP contribution in [0.25, 0.3) is 11.4 Å². The summed E-state index contributed by atoms with van der Waals surface area (Å²) in [4.78, 5) is 16.0. The molecule has 0 unspecified atom stereocenters. The fourth-order valence-corrected chi connectivity index (χ4v) is 2.09. The first-order valence-electron chi connectivity index (χ1n) is 7.24. The van der Waals surface area contributed by atoms with Crippen LogP contribution in [0.4, 0.5) is 8.78 Å². The van der Waals surface area contributed by atoms with Gasteiger partial charge in [-0.1, -0.05) is 11.2 Å². The molecule has 0 aliphatic heterocycles. The van der Waals surface area contributed by atoms with Crippen LogP contribution in [-0.4, -0.2) is 22.6 Å². The van der Waals surface area contributed by atoms with E-state index in [-0.39, 0.29) is 23.8 Å². The summed E-state index contributed by atoms with van der Waals surface area (Å²) in [5.74, 6) is -0.505. The highest BCUT2D eigenvalue weighted by Gasteiger charge is 2.10. The van der Waals surface area contributed by atoms with E-state index >= 15 is 0 Å². The summed E-state index contributed by atoms with van der Waals surface area (Å²) in [6.07, 6.45) is 0.329. The van der Waals surface area contributed by atoms with Gasteiger partial charge in [0.2, 0.25) is 11.7 Å². The molecule has 5 nitrogen and oxygen atoms in total. The lowest BCUT2D eigenvalue weighted by molar-refractivity contribution is 0.0953. The van der Waals surface area contributed by atoms with Crippen molar-refractivity contribution in [2.45, 2.75) is 6.42 Å². The molecule has 1 N–H and O–H groups in total. The quantitative estimate of drug-likeness (QED) is 0.781. The highest BCUT2D eigenvalue weighted by atomic mass is 19.1. The SMILES string of the molecule is O=C(NCCc1nc(-c2ccc(F)cc2)no1)c1cccc(F)c1. The van der Waals surface area contributed by atoms with E-state index in [2.05, 4.69) is 15.5 Å². The number of aromatic nitrogens is 2. The van der Waals surface area contributed by atoms with Crippen molar-refractivity contribution in [1.29, 1.82) is 0 Å². The average Bonchev–Trinajstić information content (AvgIpc) is 3.04. The molecule has 0 aliphatic carbocycles. The molecular formula is C17H13F2N3O2. The number of carbonyl (C=O) groups is 1. The maximum Gasteiger partial charge on any atom is 0.251 e. The van der Waals surface area contributed by atoms with Gasteiger partial charge < -0.3 is 9.84 Å². The molecule has 0 bridgehead atoms. The van der Waals surface area contributed by atoms with Gasteiger partial charge in [0.25, 0.3) is 5.91 Å². The molecule has 2 aromatic carbocycles. The van der Waals surface area contributed by atoms with Gasteiger partial charge in [-0.3, -0.25) is 4.79 Å². The molecule has 0 fully saturated rings. The summed E-state index contributed by atoms with van der Waals surface area (Å²) in [6, 6.07) is 11.1. The Balaban J connectivity index is 1.56. The van der Waals surface area contributed by atoms with E-state index in [1.54, 1.807) is 12.1 Å². The number of amides is 1. The Labute approximate surface area is 136 Å². The van der Waals surface area contributed by atoms with Crippen LogP contribution in [0, 0.1) is 11.6 Å². The molecule has 3 aromatic rings. The van der Waals surface area contributed by atoms with Gasteiger partial charge in [-0.2, -0.15) is 4.98 Å². The highest BCUT2D eigenvalue weighted by Crippen LogP contribution is 2.16. The molecule has 0 radical (unpaired) electrons. The Kier molecular flexibility index (Phi) is 4.60. The van der Waals surface area contributed by atoms with Crippen molar-refractivity contribution in [3.8, 4) is 11.4 Å². The number of nitrogens with zero attached hydrogens (tertiary/aromatic N) is 2. The molecule has 24 heavy (non-hydrogen) atoms. The summed E-state index contributed by atoms with van der Waals surface area (Å²) < 4.78 is 31.0. The van der Waals surface area contributed by atoms with Crippen LogP contribution in [0.2, 0.25) is 0 Å². The first-order valence-corrected chi connectivity index (χ1v) is 7.24. The minimum absolute atomic E-state index is 0.243. The predicted octanol–water partition coefficient (Wildman–Crippen LogP) is 2.99. The van der Waals surface area contributed by atoms with Crippen LogP contribution in [0.5, 0.6) is 0 Å². The van der Waals surface area contributed by atoms with Crippen LogP contribution in [0.15, 0.2) is 53.1 Å². The van der Waals surface area contributed by atoms with Gasteiger partial charge in [-0.05, 0) is 42.5 Å². The Morgan fingerprint density at radius 1 is 1.08 bits per heavy atom. The van der Waals surface area contributed by atoms with E-state index in [0.29, 0.717) is 23.7 Å². The largest absolute Gasteiger partial charge is 0.352 e. The molecule has 122 valence electrons. The standard InChI is InChI=1S/C17H13F2N3O2/c18-13-6-4-11(5-7-13)16-21-15(24-22-16)8-9-20-17(23)12-2-1-3-14(19)10-12/h1-7,10H,8-9H2,(H,20,23). The molecule has 3 rings (SSSR count). The lowest BCUT2D eigenvalue weighted by atomic mass is 10.2. The molecule has 1 heterocycles. The fraction of sp³-hybridized carbons (Fsp3) is 0.118. The zero-order valence-electron chi connectivity index (χ0n) is 12.5. The van der Waals surface area contributed by atoms with E-state index in [0.717, 1.165) is 6.07 Å². The van der Waals surface area contributed by atoms with Crippen LogP contribution in [-0.2, 0) is 6.42 Å². The maximum atomic E-state index is 13.1. The summed E-state index contributed by atoms with van der Waals surface area (Å²) in [5, 5.41) is 6.46. The first kappa shape index (κ1) is 15.8. The lowest BCUT2D eigenvalue weighted by Gasteiger charge is -2.03. The smallest absolute Gasteiger partial charge is 0.251 e. The third-order valence-electron chi connectivity index (χ3n) is 3.28. The molecule has 1 amide bonds. The molecule has 0 aliphatic rings. The third kappa shape index (κ3) is 3.81. The van der Waals surface area contributed by atoms with Crippen molar-refractivity contribution in [2.75, 3.05) is 6.54 Å². The third-order valence-corrected chi connectivity index (χ3v) is 3.28. The Morgan fingerprint density at radius 3 is 2.62 bits per heavy atom. The number of rotatable bonds is 5. The number of hydrogen-bond donors (Lipinski definition) is 1. The molecular weight excluding hydrogens is 316 g/mol. The monoisotopic (exact) mass is 329 g/mol. The van der Waals surface area contributed by atoms with Crippen molar-refractivity contribution in [3.05, 3.63) is 71.6 Å². The van der Waals surface area contributed by atoms with Gasteiger partial charge in [0.1, 0.15) is 11.6 Å². The fourth-order valence-electron chi connectivity index (χ4n) is 2.09. The number of halogens is 2. The van der Waals surface area contributed by atoms with Gasteiger partial charge in [0.05, 0.1) is 0 Å². The van der Waals surface area contributed by atoms with E-state index in [1.807, 2.05) is 0 Å². The minimum Gasteiger partial charge on any atom is -0.352 e. The van der Waals surface area contributed by atoms with Crippen LogP contribution in [0.1, 0.15) is 16.2 Å². The van der Waals surface area contributed by atoms with Crippen molar-refractivity contribution < 1.29 is 18.1 Å². The molecule has 0 atom stereocenters. The minimum atomic E-state index is -0.469. The topological polar surface area (TPSA) is 68.0 Å². The Morgan fingerprint density at radius 2 is 1.88 bits per heavy atom. The van der Waals surface area contributed by atoms with E-state index in [9.17, 15) is 13.6 Å². The van der Waals surface area contributed by atoms with Crippen molar-refractivity contribution in [2.24, 2.45) is 0 Å². The molecule has 0 saturated carbocycles. The zero-order valence-corrected chi connectivity index (χ0v) is 12.5. The summed E-state index contributed by atoms with van der Waals surface area (Å²) in [6.45, 7) is 0.264. The predicted molar refractivity (Wildman–Crippen MR) is 82.1 cm³/mol. The van der Waals surface area contributed by atoms with E-state index in [4.69, 9.17) is 4.52 Å². The lowest BCUT2D eigenvalue weighted by Crippen LogP contribution is -2.25. The van der Waals surface area contributed by atoms with Gasteiger partial charge >= 0.3 is 0 Å². The van der Waals surface area contributed by atoms with Gasteiger partial charge in [-0.25, -0.2) is 8.78 Å². The second kappa shape index (κ2) is 6.99. The second-order valence-corrected chi connectivity index (χ2v) is 5.03. The normalized spacial score (nSPS) is 10.6. The van der Waals surface area contributed by atoms with Crippen LogP contribution in [0.3, 0.4) is 0 Å².